The molecule has 5 N–H and O–H groups in total. The number of imidazole rings is 3. The van der Waals surface area contributed by atoms with Gasteiger partial charge in [-0.15, -0.1) is 0 Å². The number of aromatic nitrogens is 12. The molecule has 31 heteroatoms. The quantitative estimate of drug-likeness (QED) is 0.0236. The normalized spacial score (nSPS) is 13.6. The van der Waals surface area contributed by atoms with Crippen molar-refractivity contribution in [1.29, 1.82) is 0 Å². The van der Waals surface area contributed by atoms with E-state index in [-0.39, 0.29) is 56.6 Å². The molecule has 2 saturated carbocycles. The number of benzene rings is 2. The first kappa shape index (κ1) is 83.0. The van der Waals surface area contributed by atoms with Crippen LogP contribution < -0.4 is 30.2 Å². The number of nitrogens with zero attached hydrogens (tertiary/aromatic N) is 16. The van der Waals surface area contributed by atoms with Gasteiger partial charge in [-0.3, -0.25) is 14.4 Å². The molecule has 0 radical (unpaired) electrons. The molecule has 9 aromatic rings. The van der Waals surface area contributed by atoms with Crippen molar-refractivity contribution in [2.45, 2.75) is 254 Å². The molecule has 110 heavy (non-hydrogen) atoms. The fourth-order valence-corrected chi connectivity index (χ4v) is 12.9. The summed E-state index contributed by atoms with van der Waals surface area (Å²) in [4.78, 5) is 121. The zero-order valence-corrected chi connectivity index (χ0v) is 66.0. The minimum Gasteiger partial charge on any atom is -0.480 e. The molecule has 0 saturated heterocycles. The van der Waals surface area contributed by atoms with Gasteiger partial charge in [0, 0.05) is 26.2 Å². The highest BCUT2D eigenvalue weighted by Crippen LogP contribution is 2.36. The van der Waals surface area contributed by atoms with E-state index in [1.807, 2.05) is 83.8 Å². The molecule has 0 unspecified atom stereocenters. The van der Waals surface area contributed by atoms with Crippen LogP contribution in [0.4, 0.5) is 49.7 Å². The van der Waals surface area contributed by atoms with Gasteiger partial charge in [-0.25, -0.2) is 44.0 Å². The molecule has 2 fully saturated rings. The van der Waals surface area contributed by atoms with Crippen LogP contribution in [-0.4, -0.2) is 153 Å². The molecule has 0 aliphatic heterocycles. The second-order valence-electron chi connectivity index (χ2n) is 31.2. The molecule has 592 valence electrons. The Morgan fingerprint density at radius 1 is 0.518 bits per heavy atom. The number of carbonyl (C=O) groups excluding carboxylic acids is 3. The van der Waals surface area contributed by atoms with Crippen LogP contribution in [0.2, 0.25) is 0 Å². The number of carboxylic acids is 3. The third kappa shape index (κ3) is 23.5. The van der Waals surface area contributed by atoms with Crippen molar-refractivity contribution in [2.75, 3.05) is 50.4 Å². The summed E-state index contributed by atoms with van der Waals surface area (Å²) in [6.07, 6.45) is 20.2. The Balaban J connectivity index is 0.000000193. The average Bonchev–Trinajstić information content (AvgIpc) is 1.60. The van der Waals surface area contributed by atoms with Crippen LogP contribution in [-0.2, 0) is 67.9 Å². The Hall–Kier alpha value is -11.0. The second kappa shape index (κ2) is 37.4. The van der Waals surface area contributed by atoms with Crippen LogP contribution >= 0.6 is 0 Å². The van der Waals surface area contributed by atoms with Crippen LogP contribution in [0.15, 0.2) is 90.3 Å². The van der Waals surface area contributed by atoms with Gasteiger partial charge in [0.15, 0.2) is 50.9 Å². The predicted octanol–water partition coefficient (Wildman–Crippen LogP) is 15.5. The molecule has 2 aliphatic rings. The number of hydrogen-bond acceptors (Lipinski definition) is 22. The standard InChI is InChI=1S/C31H38N6O5.C28H38N6O4.C20H32N6O4/c1-31(2,3)42-30(40)37(17-21-12-14-23(15-13-21)22-9-6-5-7-10-22)29-33-27(35(4)18-24-11-8-16-41-24)26-28(34-29)36(20-32-26)19-25(38)39;1-5-15-29-24-23-25(33(18-30-23)17-22(35)36)32-26(31-24)34(27(37)38-28(2,3)4)16-19-11-13-21(14-12-19)20-9-7-6-8-10-20;1-7-8-9-10-26(19(29)30-20(4,5)6)18-23-16(22-13(2)3)15-17(24-18)25(12-21-15)11-14(27)28/h8,11-16,20,22H,5-7,9-10,17-19H2,1-4H3,(H,38,39);11-14,18,20H,5-10,15-17H2,1-4H3,(H,35,36)(H,29,31,32);12-13H,7-11H2,1-6H3,(H,27,28)(H,22,23,24). The lowest BCUT2D eigenvalue weighted by Gasteiger charge is -2.27. The molecule has 0 bridgehead atoms. The second-order valence-corrected chi connectivity index (χ2v) is 31.2. The Kier molecular flexibility index (Phi) is 28.2. The van der Waals surface area contributed by atoms with Crippen molar-refractivity contribution >= 4 is 105 Å². The van der Waals surface area contributed by atoms with E-state index in [1.165, 1.54) is 123 Å². The van der Waals surface area contributed by atoms with Gasteiger partial charge in [0.2, 0.25) is 17.8 Å². The highest BCUT2D eigenvalue weighted by atomic mass is 16.6. The first-order valence-electron chi connectivity index (χ1n) is 38.0. The molecule has 11 rings (SSSR count). The van der Waals surface area contributed by atoms with Crippen LogP contribution in [0, 0.1) is 0 Å². The minimum atomic E-state index is -1.04. The topological polar surface area (TPSA) is 372 Å². The van der Waals surface area contributed by atoms with E-state index in [2.05, 4.69) is 81.7 Å². The third-order valence-electron chi connectivity index (χ3n) is 17.9. The number of amides is 3. The van der Waals surface area contributed by atoms with E-state index in [0.29, 0.717) is 88.2 Å². The summed E-state index contributed by atoms with van der Waals surface area (Å²) in [6.45, 7) is 25.1. The minimum absolute atomic E-state index is 0.0515. The van der Waals surface area contributed by atoms with E-state index in [4.69, 9.17) is 23.6 Å². The smallest absolute Gasteiger partial charge is 0.417 e. The number of fused-ring (bicyclic) bond motifs is 3. The van der Waals surface area contributed by atoms with Crippen LogP contribution in [0.1, 0.15) is 220 Å². The van der Waals surface area contributed by atoms with E-state index >= 15 is 0 Å². The molecule has 31 nitrogen and oxygen atoms in total. The maximum atomic E-state index is 13.6. The molecular formula is C79H108N18O13. The van der Waals surface area contributed by atoms with Gasteiger partial charge in [0.1, 0.15) is 42.2 Å². The van der Waals surface area contributed by atoms with Crippen molar-refractivity contribution in [3.63, 3.8) is 0 Å². The van der Waals surface area contributed by atoms with Gasteiger partial charge in [-0.1, -0.05) is 114 Å². The van der Waals surface area contributed by atoms with Crippen molar-refractivity contribution in [1.82, 2.24) is 58.6 Å². The summed E-state index contributed by atoms with van der Waals surface area (Å²) < 4.78 is 26.9. The first-order chi connectivity index (χ1) is 52.2. The van der Waals surface area contributed by atoms with E-state index < -0.39 is 53.0 Å². The number of furan rings is 1. The Labute approximate surface area is 641 Å². The lowest BCUT2D eigenvalue weighted by Crippen LogP contribution is -2.38. The van der Waals surface area contributed by atoms with Crippen LogP contribution in [0.5, 0.6) is 0 Å². The Bertz CT molecular complexity index is 4560. The monoisotopic (exact) mass is 1520 g/mol. The number of unbranched alkanes of at least 4 members (excludes halogenated alkanes) is 2. The SMILES string of the molecule is CCCCCN(C(=O)OC(C)(C)C)c1nc(NC(C)C)c2ncn(CC(=O)O)c2n1.CCCNc1nc(N(Cc2ccc(C3CCCCC3)cc2)C(=O)OC(C)(C)C)nc2c1ncn2CC(=O)O.CN(Cc1ccco1)c1nc(N(Cc2ccc(C3CCCCC3)cc2)C(=O)OC(C)(C)C)nc2c1ncn2CC(=O)O. The largest absolute Gasteiger partial charge is 0.480 e. The molecule has 3 amide bonds. The van der Waals surface area contributed by atoms with E-state index in [9.17, 15) is 44.1 Å². The zero-order chi connectivity index (χ0) is 79.6. The van der Waals surface area contributed by atoms with E-state index in [0.717, 1.165) is 36.8 Å². The molecular weight excluding hydrogens is 1410 g/mol. The lowest BCUT2D eigenvalue weighted by atomic mass is 9.84. The van der Waals surface area contributed by atoms with Crippen LogP contribution in [0.3, 0.4) is 0 Å². The summed E-state index contributed by atoms with van der Waals surface area (Å²) in [5, 5.41) is 34.5. The maximum Gasteiger partial charge on any atom is 0.417 e. The molecule has 7 aromatic heterocycles. The highest BCUT2D eigenvalue weighted by molar-refractivity contribution is 5.93. The summed E-state index contributed by atoms with van der Waals surface area (Å²) in [5.74, 6) is 0.467. The summed E-state index contributed by atoms with van der Waals surface area (Å²) >= 11 is 0. The number of hydrogen-bond donors (Lipinski definition) is 5. The molecule has 2 aliphatic carbocycles. The zero-order valence-electron chi connectivity index (χ0n) is 66.0. The van der Waals surface area contributed by atoms with E-state index in [1.54, 1.807) is 53.9 Å². The number of carboxylic acid groups (broad SMARTS) is 3. The van der Waals surface area contributed by atoms with Crippen molar-refractivity contribution < 1.29 is 62.7 Å². The number of carbonyl (C=O) groups is 6. The molecule has 0 spiro atoms. The number of rotatable bonds is 27. The molecule has 0 atom stereocenters. The maximum absolute atomic E-state index is 13.6. The molecule has 7 heterocycles. The van der Waals surface area contributed by atoms with Crippen molar-refractivity contribution in [3.8, 4) is 0 Å². The molecule has 2 aromatic carbocycles. The van der Waals surface area contributed by atoms with Crippen molar-refractivity contribution in [3.05, 3.63) is 114 Å². The average molecular weight is 1520 g/mol. The number of aliphatic carboxylic acids is 3. The number of ether oxygens (including phenoxy) is 3. The van der Waals surface area contributed by atoms with Crippen molar-refractivity contribution in [2.24, 2.45) is 0 Å². The van der Waals surface area contributed by atoms with Gasteiger partial charge in [-0.05, 0) is 161 Å². The summed E-state index contributed by atoms with van der Waals surface area (Å²) in [6, 6.07) is 20.5. The lowest BCUT2D eigenvalue weighted by molar-refractivity contribution is -0.138. The van der Waals surface area contributed by atoms with Gasteiger partial charge in [-0.2, -0.15) is 29.9 Å². The fourth-order valence-electron chi connectivity index (χ4n) is 12.9. The van der Waals surface area contributed by atoms with Gasteiger partial charge in [0.25, 0.3) is 0 Å². The van der Waals surface area contributed by atoms with Gasteiger partial charge >= 0.3 is 36.2 Å². The van der Waals surface area contributed by atoms with Gasteiger partial charge < -0.3 is 63.2 Å². The van der Waals surface area contributed by atoms with Gasteiger partial charge in [0.05, 0.1) is 44.9 Å². The Morgan fingerprint density at radius 2 is 0.927 bits per heavy atom. The highest BCUT2D eigenvalue weighted by Gasteiger charge is 2.33. The van der Waals surface area contributed by atoms with Crippen LogP contribution in [0.25, 0.3) is 33.5 Å². The number of anilines is 6. The predicted molar refractivity (Wildman–Crippen MR) is 420 cm³/mol. The fraction of sp³-hybridized carbons (Fsp3) is 0.532. The Morgan fingerprint density at radius 3 is 1.34 bits per heavy atom. The summed E-state index contributed by atoms with van der Waals surface area (Å²) in [5.41, 5.74) is 4.59. The third-order valence-corrected chi connectivity index (χ3v) is 17.9. The summed E-state index contributed by atoms with van der Waals surface area (Å²) in [7, 11) is 1.83. The first-order valence-corrected chi connectivity index (χ1v) is 38.0. The number of nitrogens with one attached hydrogen (secondary N) is 2.